The van der Waals surface area contributed by atoms with Gasteiger partial charge in [-0.25, -0.2) is 4.98 Å². The smallest absolute Gasteiger partial charge is 0.418 e. The maximum absolute atomic E-state index is 13.6. The number of ether oxygens (including phenoxy) is 1. The predicted octanol–water partition coefficient (Wildman–Crippen LogP) is 9.65. The van der Waals surface area contributed by atoms with Crippen molar-refractivity contribution in [2.75, 3.05) is 0 Å². The van der Waals surface area contributed by atoms with Crippen LogP contribution in [0.2, 0.25) is 10.0 Å². The highest BCUT2D eigenvalue weighted by Crippen LogP contribution is 2.43. The third-order valence-electron chi connectivity index (χ3n) is 6.03. The van der Waals surface area contributed by atoms with Gasteiger partial charge in [-0.1, -0.05) is 47.5 Å². The molecule has 6 aromatic rings. The topological polar surface area (TPSA) is 37.9 Å². The Bertz CT molecular complexity index is 1790. The van der Waals surface area contributed by atoms with E-state index in [0.29, 0.717) is 32.4 Å². The fourth-order valence-electron chi connectivity index (χ4n) is 4.31. The van der Waals surface area contributed by atoms with Gasteiger partial charge in [0.15, 0.2) is 0 Å². The third kappa shape index (κ3) is 4.02. The van der Waals surface area contributed by atoms with E-state index in [4.69, 9.17) is 27.9 Å². The Hall–Kier alpha value is -3.74. The van der Waals surface area contributed by atoms with Crippen molar-refractivity contribution in [1.29, 1.82) is 0 Å². The molecule has 2 aromatic heterocycles. The predicted molar refractivity (Wildman–Crippen MR) is 138 cm³/mol. The second-order valence-corrected chi connectivity index (χ2v) is 9.17. The van der Waals surface area contributed by atoms with Crippen LogP contribution >= 0.6 is 23.2 Å². The highest BCUT2D eigenvalue weighted by molar-refractivity contribution is 6.42. The molecule has 0 bridgehead atoms. The Morgan fingerprint density at radius 3 is 2.39 bits per heavy atom. The molecule has 0 aliphatic rings. The van der Waals surface area contributed by atoms with Crippen LogP contribution in [0.1, 0.15) is 5.56 Å². The number of H-pyrrole nitrogens is 1. The van der Waals surface area contributed by atoms with Crippen LogP contribution in [-0.2, 0) is 6.18 Å². The van der Waals surface area contributed by atoms with Crippen molar-refractivity contribution in [3.8, 4) is 22.6 Å². The largest absolute Gasteiger partial charge is 0.457 e. The number of rotatable bonds is 3. The second-order valence-electron chi connectivity index (χ2n) is 8.36. The van der Waals surface area contributed by atoms with Gasteiger partial charge in [0.1, 0.15) is 11.5 Å². The van der Waals surface area contributed by atoms with E-state index in [2.05, 4.69) is 9.97 Å². The van der Waals surface area contributed by atoms with Crippen molar-refractivity contribution >= 4 is 55.9 Å². The molecule has 3 nitrogen and oxygen atoms in total. The molecular weight excluding hydrogens is 508 g/mol. The Morgan fingerprint density at radius 2 is 1.58 bits per heavy atom. The average molecular weight is 523 g/mol. The molecule has 0 amide bonds. The number of pyridine rings is 1. The monoisotopic (exact) mass is 522 g/mol. The van der Waals surface area contributed by atoms with E-state index in [1.807, 2.05) is 42.5 Å². The molecule has 0 unspecified atom stereocenters. The lowest BCUT2D eigenvalue weighted by Crippen LogP contribution is -2.03. The van der Waals surface area contributed by atoms with Crippen LogP contribution in [0.15, 0.2) is 85.1 Å². The van der Waals surface area contributed by atoms with Crippen LogP contribution in [0, 0.1) is 0 Å². The number of nitrogens with one attached hydrogen (secondary N) is 1. The molecule has 0 aliphatic carbocycles. The zero-order valence-corrected chi connectivity index (χ0v) is 19.8. The van der Waals surface area contributed by atoms with Crippen molar-refractivity contribution in [2.24, 2.45) is 0 Å². The van der Waals surface area contributed by atoms with Crippen LogP contribution in [0.5, 0.6) is 11.5 Å². The second kappa shape index (κ2) is 8.43. The molecule has 1 N–H and O–H groups in total. The number of alkyl halides is 3. The van der Waals surface area contributed by atoms with Crippen molar-refractivity contribution in [3.05, 3.63) is 101 Å². The molecule has 0 spiro atoms. The Kier molecular flexibility index (Phi) is 5.32. The number of aromatic amines is 1. The highest BCUT2D eigenvalue weighted by atomic mass is 35.5. The van der Waals surface area contributed by atoms with Gasteiger partial charge in [0, 0.05) is 33.4 Å². The fraction of sp³-hybridized carbons (Fsp3) is 0.0357. The molecule has 0 atom stereocenters. The quantitative estimate of drug-likeness (QED) is 0.235. The van der Waals surface area contributed by atoms with E-state index in [0.717, 1.165) is 28.0 Å². The van der Waals surface area contributed by atoms with Gasteiger partial charge in [-0.2, -0.15) is 13.2 Å². The Balaban J connectivity index is 1.52. The van der Waals surface area contributed by atoms with E-state index in [1.54, 1.807) is 30.3 Å². The molecule has 4 aromatic carbocycles. The number of hydrogen-bond acceptors (Lipinski definition) is 2. The maximum atomic E-state index is 13.6. The zero-order chi connectivity index (χ0) is 25.0. The number of nitrogens with zero attached hydrogens (tertiary/aromatic N) is 1. The molecule has 0 saturated carbocycles. The minimum Gasteiger partial charge on any atom is -0.457 e. The first-order valence-corrected chi connectivity index (χ1v) is 11.7. The summed E-state index contributed by atoms with van der Waals surface area (Å²) in [5.74, 6) is 0.712. The van der Waals surface area contributed by atoms with Crippen molar-refractivity contribution in [3.63, 3.8) is 0 Å². The molecule has 0 fully saturated rings. The van der Waals surface area contributed by atoms with Gasteiger partial charge in [-0.05, 0) is 60.2 Å². The molecule has 178 valence electrons. The highest BCUT2D eigenvalue weighted by Gasteiger charge is 2.34. The van der Waals surface area contributed by atoms with Crippen molar-refractivity contribution in [1.82, 2.24) is 9.97 Å². The van der Waals surface area contributed by atoms with Crippen LogP contribution < -0.4 is 4.74 Å². The fourth-order valence-corrected chi connectivity index (χ4v) is 4.61. The Labute approximate surface area is 213 Å². The molecule has 6 rings (SSSR count). The lowest BCUT2D eigenvalue weighted by molar-refractivity contribution is -0.136. The summed E-state index contributed by atoms with van der Waals surface area (Å²) in [6, 6.07) is 23.2. The molecule has 8 heteroatoms. The maximum Gasteiger partial charge on any atom is 0.418 e. The van der Waals surface area contributed by atoms with Crippen LogP contribution in [0.25, 0.3) is 43.8 Å². The van der Waals surface area contributed by atoms with Gasteiger partial charge in [-0.15, -0.1) is 0 Å². The van der Waals surface area contributed by atoms with Gasteiger partial charge in [0.25, 0.3) is 0 Å². The molecular formula is C28H15Cl2F3N2O. The SMILES string of the molecule is FC(F)(F)c1c[nH]c2cc(-c3ccc(Cl)c(Cl)c3)c(Oc3ccc4nc5ccccc5cc4c3)cc12. The Morgan fingerprint density at radius 1 is 0.778 bits per heavy atom. The number of aromatic nitrogens is 2. The van der Waals surface area contributed by atoms with Gasteiger partial charge in [-0.3, -0.25) is 0 Å². The summed E-state index contributed by atoms with van der Waals surface area (Å²) in [6.45, 7) is 0. The minimum atomic E-state index is -4.52. The summed E-state index contributed by atoms with van der Waals surface area (Å²) >= 11 is 12.3. The number of fused-ring (bicyclic) bond motifs is 3. The van der Waals surface area contributed by atoms with Crippen LogP contribution in [0.4, 0.5) is 13.2 Å². The van der Waals surface area contributed by atoms with E-state index < -0.39 is 11.7 Å². The van der Waals surface area contributed by atoms with Gasteiger partial charge >= 0.3 is 6.18 Å². The van der Waals surface area contributed by atoms with E-state index >= 15 is 0 Å². The molecule has 2 heterocycles. The van der Waals surface area contributed by atoms with Crippen LogP contribution in [0.3, 0.4) is 0 Å². The van der Waals surface area contributed by atoms with Crippen LogP contribution in [-0.4, -0.2) is 9.97 Å². The first-order chi connectivity index (χ1) is 17.3. The normalized spacial score (nSPS) is 12.0. The summed E-state index contributed by atoms with van der Waals surface area (Å²) in [7, 11) is 0. The third-order valence-corrected chi connectivity index (χ3v) is 6.77. The van der Waals surface area contributed by atoms with Gasteiger partial charge < -0.3 is 9.72 Å². The molecule has 36 heavy (non-hydrogen) atoms. The summed E-state index contributed by atoms with van der Waals surface area (Å²) < 4.78 is 47.1. The first-order valence-electron chi connectivity index (χ1n) is 10.9. The van der Waals surface area contributed by atoms with E-state index in [-0.39, 0.29) is 11.1 Å². The molecule has 0 saturated heterocycles. The van der Waals surface area contributed by atoms with Crippen molar-refractivity contribution in [2.45, 2.75) is 6.18 Å². The van der Waals surface area contributed by atoms with E-state index in [1.165, 1.54) is 6.07 Å². The number of para-hydroxylation sites is 1. The number of benzene rings is 4. The summed E-state index contributed by atoms with van der Waals surface area (Å²) in [6.07, 6.45) is -3.56. The number of halogens is 5. The standard InChI is InChI=1S/C28H15Cl2F3N2O/c29-22-7-5-15(11-23(22)30)19-12-26-20(21(14-34-26)28(31,32)33)13-27(19)36-18-6-8-25-17(10-18)9-16-3-1-2-4-24(16)35-25/h1-14,34H. The lowest BCUT2D eigenvalue weighted by Gasteiger charge is -2.14. The summed E-state index contributed by atoms with van der Waals surface area (Å²) in [4.78, 5) is 7.39. The van der Waals surface area contributed by atoms with Crippen molar-refractivity contribution < 1.29 is 17.9 Å². The molecule has 0 radical (unpaired) electrons. The average Bonchev–Trinajstić information content (AvgIpc) is 3.27. The first kappa shape index (κ1) is 22.7. The lowest BCUT2D eigenvalue weighted by atomic mass is 10.0. The minimum absolute atomic E-state index is 0.00904. The molecule has 0 aliphatic heterocycles. The summed E-state index contributed by atoms with van der Waals surface area (Å²) in [5, 5.41) is 2.53. The number of hydrogen-bond donors (Lipinski definition) is 1. The van der Waals surface area contributed by atoms with Gasteiger partial charge in [0.05, 0.1) is 26.6 Å². The van der Waals surface area contributed by atoms with Gasteiger partial charge in [0.2, 0.25) is 0 Å². The summed E-state index contributed by atoms with van der Waals surface area (Å²) in [5.41, 5.74) is 2.43. The van der Waals surface area contributed by atoms with E-state index in [9.17, 15) is 13.2 Å². The zero-order valence-electron chi connectivity index (χ0n) is 18.3.